The maximum atomic E-state index is 12.9. The Labute approximate surface area is 402 Å². The molecule has 1 aliphatic rings. The van der Waals surface area contributed by atoms with Crippen molar-refractivity contribution in [2.24, 2.45) is 11.8 Å². The molecule has 3 unspecified atom stereocenters. The molecule has 0 aromatic heterocycles. The number of rotatable bonds is 15. The van der Waals surface area contributed by atoms with Crippen molar-refractivity contribution in [3.63, 3.8) is 0 Å². The number of benzene rings is 4. The summed E-state index contributed by atoms with van der Waals surface area (Å²) in [4.78, 5) is 24.2. The summed E-state index contributed by atoms with van der Waals surface area (Å²) >= 11 is 0. The zero-order valence-electron chi connectivity index (χ0n) is 39.7. The van der Waals surface area contributed by atoms with Crippen molar-refractivity contribution >= 4 is 11.9 Å². The second-order valence-electron chi connectivity index (χ2n) is 15.8. The number of hydrogen-bond acceptors (Lipinski definition) is 7. The second kappa shape index (κ2) is 31.4. The fourth-order valence-corrected chi connectivity index (χ4v) is 6.89. The number of halogens is 6. The normalized spacial score (nSPS) is 13.8. The summed E-state index contributed by atoms with van der Waals surface area (Å²) in [6.07, 6.45) is -4.65. The number of ether oxygens (including phenoxy) is 4. The average Bonchev–Trinajstić information content (AvgIpc) is 3.70. The monoisotopic (exact) mass is 952 g/mol. The van der Waals surface area contributed by atoms with E-state index in [4.69, 9.17) is 18.9 Å². The van der Waals surface area contributed by atoms with Crippen molar-refractivity contribution in [3.8, 4) is 33.8 Å². The molecule has 0 spiro atoms. The SMILES string of the molecule is CC1CCCO1.CCOC(=O)C(CC(C)C)c1ccc(OCC)c(-c2ccc(C(F)(F)F)cc2)c1.CCOc1ccc(C(CC(C)C)C(=O)O)cc1-c1ccc(C(F)(F)F)cc1.O.O.O.[Li+].[OH-]. The first-order chi connectivity index (χ1) is 29.2. The van der Waals surface area contributed by atoms with Crippen molar-refractivity contribution in [1.29, 1.82) is 0 Å². The largest absolute Gasteiger partial charge is 1.00 e. The van der Waals surface area contributed by atoms with Crippen LogP contribution in [0.4, 0.5) is 26.3 Å². The van der Waals surface area contributed by atoms with Gasteiger partial charge in [-0.25, -0.2) is 0 Å². The Balaban J connectivity index is -0.00000102. The standard InChI is InChI=1S/C23H27F3O3.C21H23F3O3.C5H10O.Li.4H2O/c1-5-28-21-12-9-17(20(13-15(3)4)22(27)29-6-2)14-19(21)16-7-10-18(11-8-16)23(24,25)26;1-4-27-19-10-7-15(18(20(25)26)11-13(2)3)12-17(19)14-5-8-16(9-6-14)21(22,23)24;1-5-3-2-4-6-5;;;;;/h7-12,14-15,20H,5-6,13H2,1-4H3;5-10,12-13,18H,4,11H2,1-3H3,(H,25,26);5H,2-4H2,1H3;;4*1H2/q;;;+1;;;;/p-1. The Morgan fingerprint density at radius 1 is 0.657 bits per heavy atom. The van der Waals surface area contributed by atoms with Gasteiger partial charge in [-0.1, -0.05) is 64.1 Å². The van der Waals surface area contributed by atoms with Gasteiger partial charge in [-0.3, -0.25) is 9.59 Å². The molecule has 3 atom stereocenters. The van der Waals surface area contributed by atoms with E-state index in [-0.39, 0.29) is 65.2 Å². The summed E-state index contributed by atoms with van der Waals surface area (Å²) in [5.74, 6) is -0.835. The molecule has 1 fully saturated rings. The molecule has 11 nitrogen and oxygen atoms in total. The Hall–Kier alpha value is -4.60. The summed E-state index contributed by atoms with van der Waals surface area (Å²) in [7, 11) is 0. The van der Waals surface area contributed by atoms with E-state index in [1.54, 1.807) is 31.2 Å². The second-order valence-corrected chi connectivity index (χ2v) is 15.8. The summed E-state index contributed by atoms with van der Waals surface area (Å²) in [5, 5.41) is 9.58. The van der Waals surface area contributed by atoms with Crippen LogP contribution in [-0.2, 0) is 31.4 Å². The molecular formula is C49H67F6LiO11. The van der Waals surface area contributed by atoms with E-state index in [0.717, 1.165) is 36.4 Å². The van der Waals surface area contributed by atoms with Crippen LogP contribution in [0, 0.1) is 11.8 Å². The molecule has 372 valence electrons. The van der Waals surface area contributed by atoms with Crippen LogP contribution >= 0.6 is 0 Å². The number of carboxylic acid groups (broad SMARTS) is 1. The third-order valence-corrected chi connectivity index (χ3v) is 9.90. The molecule has 67 heavy (non-hydrogen) atoms. The van der Waals surface area contributed by atoms with Crippen LogP contribution in [0.15, 0.2) is 84.9 Å². The van der Waals surface area contributed by atoms with E-state index in [0.29, 0.717) is 71.5 Å². The van der Waals surface area contributed by atoms with Gasteiger partial charge in [0.25, 0.3) is 0 Å². The van der Waals surface area contributed by atoms with Crippen LogP contribution in [0.25, 0.3) is 22.3 Å². The summed E-state index contributed by atoms with van der Waals surface area (Å²) in [5.41, 5.74) is 2.29. The van der Waals surface area contributed by atoms with Crippen molar-refractivity contribution in [1.82, 2.24) is 0 Å². The fraction of sp³-hybridized carbons (Fsp3) is 0.469. The molecular weight excluding hydrogens is 885 g/mol. The molecule has 0 bridgehead atoms. The first-order valence-corrected chi connectivity index (χ1v) is 21.1. The minimum atomic E-state index is -4.41. The van der Waals surface area contributed by atoms with Crippen molar-refractivity contribution in [3.05, 3.63) is 107 Å². The zero-order chi connectivity index (χ0) is 46.2. The zero-order valence-corrected chi connectivity index (χ0v) is 39.7. The van der Waals surface area contributed by atoms with Gasteiger partial charge in [-0.2, -0.15) is 26.3 Å². The third kappa shape index (κ3) is 21.1. The van der Waals surface area contributed by atoms with Gasteiger partial charge >= 0.3 is 43.2 Å². The van der Waals surface area contributed by atoms with Gasteiger partial charge in [-0.05, 0) is 136 Å². The molecule has 0 amide bonds. The smallest absolute Gasteiger partial charge is 0.870 e. The van der Waals surface area contributed by atoms with Gasteiger partial charge in [0.2, 0.25) is 0 Å². The van der Waals surface area contributed by atoms with Crippen LogP contribution in [0.2, 0.25) is 0 Å². The van der Waals surface area contributed by atoms with E-state index in [1.165, 1.54) is 37.1 Å². The molecule has 0 radical (unpaired) electrons. The Kier molecular flexibility index (Phi) is 31.3. The minimum absolute atomic E-state index is 0. The maximum absolute atomic E-state index is 12.9. The van der Waals surface area contributed by atoms with Gasteiger partial charge in [0, 0.05) is 17.7 Å². The fourth-order valence-electron chi connectivity index (χ4n) is 6.89. The number of carbonyl (C=O) groups excluding carboxylic acids is 1. The number of aliphatic carboxylic acids is 1. The van der Waals surface area contributed by atoms with E-state index in [2.05, 4.69) is 6.92 Å². The van der Waals surface area contributed by atoms with Crippen LogP contribution in [0.5, 0.6) is 11.5 Å². The van der Waals surface area contributed by atoms with Crippen molar-refractivity contribution in [2.75, 3.05) is 26.4 Å². The van der Waals surface area contributed by atoms with Crippen molar-refractivity contribution < 1.29 is 101 Å². The number of carboxylic acids is 1. The van der Waals surface area contributed by atoms with Gasteiger partial charge < -0.3 is 46.0 Å². The van der Waals surface area contributed by atoms with E-state index < -0.39 is 41.3 Å². The Bertz CT molecular complexity index is 2000. The third-order valence-electron chi connectivity index (χ3n) is 9.90. The predicted molar refractivity (Wildman–Crippen MR) is 242 cm³/mol. The summed E-state index contributed by atoms with van der Waals surface area (Å²) in [6, 6.07) is 20.2. The Morgan fingerprint density at radius 2 is 1.04 bits per heavy atom. The van der Waals surface area contributed by atoms with Gasteiger partial charge in [0.15, 0.2) is 0 Å². The molecule has 1 aliphatic heterocycles. The summed E-state index contributed by atoms with van der Waals surface area (Å²) < 4.78 is 98.8. The van der Waals surface area contributed by atoms with Gasteiger partial charge in [0.05, 0.1) is 48.9 Å². The molecule has 4 aromatic carbocycles. The first kappa shape index (κ1) is 66.7. The quantitative estimate of drug-likeness (QED) is 0.0698. The maximum Gasteiger partial charge on any atom is 1.00 e. The minimum Gasteiger partial charge on any atom is -0.870 e. The number of hydrogen-bond donors (Lipinski definition) is 1. The predicted octanol–water partition coefficient (Wildman–Crippen LogP) is 7.99. The molecule has 8 N–H and O–H groups in total. The van der Waals surface area contributed by atoms with Crippen LogP contribution in [0.1, 0.15) is 115 Å². The van der Waals surface area contributed by atoms with Crippen LogP contribution < -0.4 is 28.3 Å². The first-order valence-electron chi connectivity index (χ1n) is 21.1. The van der Waals surface area contributed by atoms with Gasteiger partial charge in [0.1, 0.15) is 11.5 Å². The van der Waals surface area contributed by atoms with Crippen LogP contribution in [0.3, 0.4) is 0 Å². The molecule has 0 saturated carbocycles. The molecule has 5 rings (SSSR count). The molecule has 1 heterocycles. The van der Waals surface area contributed by atoms with Gasteiger partial charge in [-0.15, -0.1) is 0 Å². The topological polar surface area (TPSA) is 216 Å². The molecule has 4 aromatic rings. The van der Waals surface area contributed by atoms with Crippen LogP contribution in [-0.4, -0.2) is 71.5 Å². The van der Waals surface area contributed by atoms with E-state index in [1.807, 2.05) is 53.7 Å². The Morgan fingerprint density at radius 3 is 1.33 bits per heavy atom. The number of carbonyl (C=O) groups is 2. The average molecular weight is 953 g/mol. The number of esters is 1. The molecule has 18 heteroatoms. The van der Waals surface area contributed by atoms with E-state index in [9.17, 15) is 41.0 Å². The molecule has 1 saturated heterocycles. The molecule has 0 aliphatic carbocycles. The number of alkyl halides is 6. The van der Waals surface area contributed by atoms with Crippen molar-refractivity contribution in [2.45, 2.75) is 111 Å². The summed E-state index contributed by atoms with van der Waals surface area (Å²) in [6.45, 7) is 17.5. The van der Waals surface area contributed by atoms with E-state index >= 15 is 0 Å².